The monoisotopic (exact) mass is 366 g/mol. The summed E-state index contributed by atoms with van der Waals surface area (Å²) in [5, 5.41) is 14.3. The SMILES string of the molecule is Cc1ccncc1NC(=O)NC1CCc2nnc(-c3ccc(F)cc3)n2C1. The van der Waals surface area contributed by atoms with Gasteiger partial charge in [0.05, 0.1) is 11.9 Å². The van der Waals surface area contributed by atoms with Gasteiger partial charge in [-0.3, -0.25) is 4.98 Å². The summed E-state index contributed by atoms with van der Waals surface area (Å²) < 4.78 is 15.2. The van der Waals surface area contributed by atoms with E-state index in [4.69, 9.17) is 0 Å². The van der Waals surface area contributed by atoms with Crippen molar-refractivity contribution in [3.05, 3.63) is 59.9 Å². The standard InChI is InChI=1S/C19H19FN6O/c1-12-8-9-21-10-16(12)23-19(27)22-15-6-7-17-24-25-18(26(17)11-15)13-2-4-14(20)5-3-13/h2-5,8-10,15H,6-7,11H2,1H3,(H2,22,23,27). The van der Waals surface area contributed by atoms with Crippen LogP contribution in [0.2, 0.25) is 0 Å². The van der Waals surface area contributed by atoms with Crippen LogP contribution in [0.4, 0.5) is 14.9 Å². The molecule has 1 aromatic carbocycles. The number of benzene rings is 1. The maximum absolute atomic E-state index is 13.2. The average molecular weight is 366 g/mol. The molecule has 0 spiro atoms. The average Bonchev–Trinajstić information content (AvgIpc) is 3.07. The lowest BCUT2D eigenvalue weighted by atomic mass is 10.1. The lowest BCUT2D eigenvalue weighted by Gasteiger charge is -2.25. The van der Waals surface area contributed by atoms with Crippen LogP contribution in [0.1, 0.15) is 17.8 Å². The molecule has 1 aliphatic rings. The molecule has 0 saturated heterocycles. The topological polar surface area (TPSA) is 84.7 Å². The highest BCUT2D eigenvalue weighted by molar-refractivity contribution is 5.90. The van der Waals surface area contributed by atoms with Crippen LogP contribution < -0.4 is 10.6 Å². The van der Waals surface area contributed by atoms with Gasteiger partial charge < -0.3 is 15.2 Å². The molecule has 3 aromatic rings. The van der Waals surface area contributed by atoms with E-state index in [1.165, 1.54) is 12.1 Å². The Hall–Kier alpha value is -3.29. The van der Waals surface area contributed by atoms with Gasteiger partial charge in [0, 0.05) is 30.8 Å². The summed E-state index contributed by atoms with van der Waals surface area (Å²) in [6, 6.07) is 7.69. The number of hydrogen-bond acceptors (Lipinski definition) is 4. The van der Waals surface area contributed by atoms with Gasteiger partial charge in [-0.05, 0) is 49.2 Å². The molecule has 0 fully saturated rings. The quantitative estimate of drug-likeness (QED) is 0.746. The number of nitrogens with zero attached hydrogens (tertiary/aromatic N) is 4. The summed E-state index contributed by atoms with van der Waals surface area (Å²) in [4.78, 5) is 16.4. The van der Waals surface area contributed by atoms with Gasteiger partial charge in [-0.15, -0.1) is 10.2 Å². The summed E-state index contributed by atoms with van der Waals surface area (Å²) in [5.41, 5.74) is 2.43. The van der Waals surface area contributed by atoms with Crippen molar-refractivity contribution in [1.29, 1.82) is 0 Å². The largest absolute Gasteiger partial charge is 0.333 e. The molecule has 2 aromatic heterocycles. The second kappa shape index (κ2) is 7.14. The third kappa shape index (κ3) is 3.64. The summed E-state index contributed by atoms with van der Waals surface area (Å²) >= 11 is 0. The Balaban J connectivity index is 1.46. The highest BCUT2D eigenvalue weighted by Crippen LogP contribution is 2.23. The molecule has 2 amide bonds. The molecule has 1 aliphatic heterocycles. The zero-order valence-corrected chi connectivity index (χ0v) is 14.8. The summed E-state index contributed by atoms with van der Waals surface area (Å²) in [5.74, 6) is 1.26. The number of carbonyl (C=O) groups excluding carboxylic acids is 1. The Bertz CT molecular complexity index is 969. The number of urea groups is 1. The summed E-state index contributed by atoms with van der Waals surface area (Å²) in [6.45, 7) is 2.48. The van der Waals surface area contributed by atoms with Crippen molar-refractivity contribution in [3.63, 3.8) is 0 Å². The third-order valence-electron chi connectivity index (χ3n) is 4.67. The molecule has 4 rings (SSSR count). The molecular weight excluding hydrogens is 347 g/mol. The number of anilines is 1. The fourth-order valence-electron chi connectivity index (χ4n) is 3.20. The number of aromatic nitrogens is 4. The maximum Gasteiger partial charge on any atom is 0.319 e. The smallest absolute Gasteiger partial charge is 0.319 e. The van der Waals surface area contributed by atoms with Gasteiger partial charge in [0.25, 0.3) is 0 Å². The molecular formula is C19H19FN6O. The Morgan fingerprint density at radius 2 is 2.04 bits per heavy atom. The van der Waals surface area contributed by atoms with Crippen molar-refractivity contribution < 1.29 is 9.18 Å². The van der Waals surface area contributed by atoms with E-state index < -0.39 is 0 Å². The first-order valence-electron chi connectivity index (χ1n) is 8.76. The van der Waals surface area contributed by atoms with Gasteiger partial charge in [0.2, 0.25) is 0 Å². The lowest BCUT2D eigenvalue weighted by molar-refractivity contribution is 0.244. The number of hydrogen-bond donors (Lipinski definition) is 2. The van der Waals surface area contributed by atoms with E-state index in [2.05, 4.69) is 25.8 Å². The van der Waals surface area contributed by atoms with Crippen molar-refractivity contribution >= 4 is 11.7 Å². The number of halogens is 1. The number of aryl methyl sites for hydroxylation is 2. The fraction of sp³-hybridized carbons (Fsp3) is 0.263. The first-order valence-corrected chi connectivity index (χ1v) is 8.76. The van der Waals surface area contributed by atoms with Crippen molar-refractivity contribution in [2.24, 2.45) is 0 Å². The Labute approximate surface area is 155 Å². The third-order valence-corrected chi connectivity index (χ3v) is 4.67. The van der Waals surface area contributed by atoms with Crippen LogP contribution in [0, 0.1) is 12.7 Å². The highest BCUT2D eigenvalue weighted by Gasteiger charge is 2.24. The van der Waals surface area contributed by atoms with Crippen LogP contribution in [0.25, 0.3) is 11.4 Å². The van der Waals surface area contributed by atoms with E-state index in [-0.39, 0.29) is 17.9 Å². The Morgan fingerprint density at radius 1 is 1.22 bits per heavy atom. The number of amides is 2. The molecule has 0 saturated carbocycles. The molecule has 27 heavy (non-hydrogen) atoms. The lowest BCUT2D eigenvalue weighted by Crippen LogP contribution is -2.43. The molecule has 0 radical (unpaired) electrons. The highest BCUT2D eigenvalue weighted by atomic mass is 19.1. The van der Waals surface area contributed by atoms with Crippen LogP contribution in [-0.4, -0.2) is 31.8 Å². The number of rotatable bonds is 3. The van der Waals surface area contributed by atoms with Gasteiger partial charge >= 0.3 is 6.03 Å². The van der Waals surface area contributed by atoms with E-state index in [1.807, 2.05) is 17.6 Å². The van der Waals surface area contributed by atoms with E-state index >= 15 is 0 Å². The minimum Gasteiger partial charge on any atom is -0.333 e. The molecule has 3 heterocycles. The molecule has 0 aliphatic carbocycles. The van der Waals surface area contributed by atoms with Gasteiger partial charge in [-0.25, -0.2) is 9.18 Å². The summed E-state index contributed by atoms with van der Waals surface area (Å²) in [6.07, 6.45) is 4.80. The zero-order chi connectivity index (χ0) is 18.8. The first-order chi connectivity index (χ1) is 13.1. The van der Waals surface area contributed by atoms with Crippen LogP contribution in [0.5, 0.6) is 0 Å². The Kier molecular flexibility index (Phi) is 4.53. The molecule has 0 bridgehead atoms. The molecule has 7 nitrogen and oxygen atoms in total. The van der Waals surface area contributed by atoms with Gasteiger partial charge in [0.15, 0.2) is 5.82 Å². The van der Waals surface area contributed by atoms with Gasteiger partial charge in [-0.2, -0.15) is 0 Å². The van der Waals surface area contributed by atoms with Crippen LogP contribution >= 0.6 is 0 Å². The molecule has 2 N–H and O–H groups in total. The van der Waals surface area contributed by atoms with E-state index in [0.717, 1.165) is 23.4 Å². The predicted octanol–water partition coefficient (Wildman–Crippen LogP) is 2.92. The van der Waals surface area contributed by atoms with Crippen LogP contribution in [0.3, 0.4) is 0 Å². The number of nitrogens with one attached hydrogen (secondary N) is 2. The zero-order valence-electron chi connectivity index (χ0n) is 14.8. The number of carbonyl (C=O) groups is 1. The molecule has 1 atom stereocenters. The van der Waals surface area contributed by atoms with E-state index in [9.17, 15) is 9.18 Å². The maximum atomic E-state index is 13.2. The summed E-state index contributed by atoms with van der Waals surface area (Å²) in [7, 11) is 0. The minimum atomic E-state index is -0.293. The van der Waals surface area contributed by atoms with Gasteiger partial charge in [0.1, 0.15) is 11.6 Å². The fourth-order valence-corrected chi connectivity index (χ4v) is 3.20. The van der Waals surface area contributed by atoms with Crippen molar-refractivity contribution in [2.75, 3.05) is 5.32 Å². The van der Waals surface area contributed by atoms with Gasteiger partial charge in [-0.1, -0.05) is 0 Å². The Morgan fingerprint density at radius 3 is 2.81 bits per heavy atom. The van der Waals surface area contributed by atoms with E-state index in [0.29, 0.717) is 24.5 Å². The molecule has 138 valence electrons. The minimum absolute atomic E-state index is 0.0512. The van der Waals surface area contributed by atoms with Crippen molar-refractivity contribution in [2.45, 2.75) is 32.4 Å². The second-order valence-electron chi connectivity index (χ2n) is 6.58. The molecule has 8 heteroatoms. The van der Waals surface area contributed by atoms with E-state index in [1.54, 1.807) is 24.5 Å². The normalized spacial score (nSPS) is 15.9. The molecule has 1 unspecified atom stereocenters. The van der Waals surface area contributed by atoms with Crippen molar-refractivity contribution in [1.82, 2.24) is 25.1 Å². The first kappa shape index (κ1) is 17.1. The number of pyridine rings is 1. The number of fused-ring (bicyclic) bond motifs is 1. The van der Waals surface area contributed by atoms with Crippen LogP contribution in [-0.2, 0) is 13.0 Å². The predicted molar refractivity (Wildman–Crippen MR) is 98.7 cm³/mol. The van der Waals surface area contributed by atoms with Crippen LogP contribution in [0.15, 0.2) is 42.7 Å². The van der Waals surface area contributed by atoms with Crippen molar-refractivity contribution in [3.8, 4) is 11.4 Å². The second-order valence-corrected chi connectivity index (χ2v) is 6.58.